The lowest BCUT2D eigenvalue weighted by Gasteiger charge is -2.24. The van der Waals surface area contributed by atoms with E-state index in [2.05, 4.69) is 11.8 Å². The second-order valence-electron chi connectivity index (χ2n) is 5.94. The third-order valence-electron chi connectivity index (χ3n) is 3.73. The summed E-state index contributed by atoms with van der Waals surface area (Å²) >= 11 is 0. The van der Waals surface area contributed by atoms with Crippen molar-refractivity contribution in [1.82, 2.24) is 9.80 Å². The molecule has 1 saturated carbocycles. The van der Waals surface area contributed by atoms with Gasteiger partial charge in [0.05, 0.1) is 13.1 Å². The second-order valence-corrected chi connectivity index (χ2v) is 5.94. The van der Waals surface area contributed by atoms with Gasteiger partial charge in [-0.2, -0.15) is 0 Å². The van der Waals surface area contributed by atoms with Crippen LogP contribution in [-0.4, -0.2) is 42.4 Å². The Morgan fingerprint density at radius 3 is 2.70 bits per heavy atom. The predicted octanol–water partition coefficient (Wildman–Crippen LogP) is 2.67. The molecule has 1 aromatic heterocycles. The van der Waals surface area contributed by atoms with E-state index in [1.165, 1.54) is 12.8 Å². The molecule has 1 amide bonds. The van der Waals surface area contributed by atoms with Crippen LogP contribution in [0.2, 0.25) is 0 Å². The molecule has 4 heteroatoms. The summed E-state index contributed by atoms with van der Waals surface area (Å²) in [5.74, 6) is 2.74. The first-order chi connectivity index (χ1) is 9.58. The molecular formula is C16H26N2O2. The van der Waals surface area contributed by atoms with E-state index >= 15 is 0 Å². The highest BCUT2D eigenvalue weighted by Gasteiger charge is 2.25. The Labute approximate surface area is 121 Å². The molecule has 0 aromatic carbocycles. The van der Waals surface area contributed by atoms with Gasteiger partial charge >= 0.3 is 0 Å². The zero-order valence-corrected chi connectivity index (χ0v) is 12.9. The Balaban J connectivity index is 1.81. The minimum Gasteiger partial charge on any atom is -0.464 e. The fourth-order valence-electron chi connectivity index (χ4n) is 2.42. The lowest BCUT2D eigenvalue weighted by atomic mass is 10.3. The van der Waals surface area contributed by atoms with Gasteiger partial charge < -0.3 is 9.32 Å². The van der Waals surface area contributed by atoms with Gasteiger partial charge in [-0.05, 0) is 50.8 Å². The SMILES string of the molecule is CCCN(CC(=O)N(C)Cc1ccc(C)o1)CC1CC1. The number of likely N-dealkylation sites (N-methyl/N-ethyl adjacent to an activating group) is 1. The van der Waals surface area contributed by atoms with E-state index in [9.17, 15) is 4.79 Å². The van der Waals surface area contributed by atoms with Crippen molar-refractivity contribution in [3.8, 4) is 0 Å². The molecule has 1 aliphatic carbocycles. The number of aryl methyl sites for hydroxylation is 1. The van der Waals surface area contributed by atoms with Crippen LogP contribution >= 0.6 is 0 Å². The zero-order chi connectivity index (χ0) is 14.5. The van der Waals surface area contributed by atoms with Crippen molar-refractivity contribution in [2.75, 3.05) is 26.7 Å². The second kappa shape index (κ2) is 6.93. The molecule has 1 aliphatic rings. The molecule has 0 aliphatic heterocycles. The number of hydrogen-bond donors (Lipinski definition) is 0. The lowest BCUT2D eigenvalue weighted by Crippen LogP contribution is -2.39. The summed E-state index contributed by atoms with van der Waals surface area (Å²) in [6.45, 7) is 7.25. The molecule has 0 spiro atoms. The highest BCUT2D eigenvalue weighted by Crippen LogP contribution is 2.29. The largest absolute Gasteiger partial charge is 0.464 e. The maximum atomic E-state index is 12.3. The molecule has 1 fully saturated rings. The number of amides is 1. The Kier molecular flexibility index (Phi) is 5.24. The molecule has 0 saturated heterocycles. The third kappa shape index (κ3) is 4.67. The van der Waals surface area contributed by atoms with Crippen LogP contribution in [0.25, 0.3) is 0 Å². The van der Waals surface area contributed by atoms with Crippen LogP contribution in [-0.2, 0) is 11.3 Å². The number of carbonyl (C=O) groups is 1. The smallest absolute Gasteiger partial charge is 0.236 e. The maximum Gasteiger partial charge on any atom is 0.236 e. The van der Waals surface area contributed by atoms with Crippen molar-refractivity contribution < 1.29 is 9.21 Å². The topological polar surface area (TPSA) is 36.7 Å². The molecule has 20 heavy (non-hydrogen) atoms. The van der Waals surface area contributed by atoms with E-state index in [1.807, 2.05) is 26.1 Å². The van der Waals surface area contributed by atoms with Crippen molar-refractivity contribution in [1.29, 1.82) is 0 Å². The Hall–Kier alpha value is -1.29. The Bertz CT molecular complexity index is 437. The first kappa shape index (κ1) is 15.1. The van der Waals surface area contributed by atoms with Gasteiger partial charge in [-0.1, -0.05) is 6.92 Å². The monoisotopic (exact) mass is 278 g/mol. The summed E-state index contributed by atoms with van der Waals surface area (Å²) in [7, 11) is 1.85. The number of nitrogens with zero attached hydrogens (tertiary/aromatic N) is 2. The van der Waals surface area contributed by atoms with E-state index < -0.39 is 0 Å². The Morgan fingerprint density at radius 1 is 1.40 bits per heavy atom. The summed E-state index contributed by atoms with van der Waals surface area (Å²) < 4.78 is 5.52. The summed E-state index contributed by atoms with van der Waals surface area (Å²) in [4.78, 5) is 16.3. The Morgan fingerprint density at radius 2 is 2.15 bits per heavy atom. The fraction of sp³-hybridized carbons (Fsp3) is 0.688. The van der Waals surface area contributed by atoms with E-state index in [-0.39, 0.29) is 5.91 Å². The van der Waals surface area contributed by atoms with Gasteiger partial charge in [0.25, 0.3) is 0 Å². The molecule has 0 unspecified atom stereocenters. The van der Waals surface area contributed by atoms with E-state index in [1.54, 1.807) is 4.90 Å². The maximum absolute atomic E-state index is 12.3. The minimum atomic E-state index is 0.174. The molecular weight excluding hydrogens is 252 g/mol. The van der Waals surface area contributed by atoms with Crippen LogP contribution in [0.15, 0.2) is 16.5 Å². The molecule has 0 bridgehead atoms. The normalized spacial score (nSPS) is 14.8. The highest BCUT2D eigenvalue weighted by molar-refractivity contribution is 5.77. The molecule has 2 rings (SSSR count). The van der Waals surface area contributed by atoms with Crippen LogP contribution in [0.3, 0.4) is 0 Å². The average molecular weight is 278 g/mol. The van der Waals surface area contributed by atoms with Gasteiger partial charge in [0.2, 0.25) is 5.91 Å². The summed E-state index contributed by atoms with van der Waals surface area (Å²) in [5, 5.41) is 0. The first-order valence-corrected chi connectivity index (χ1v) is 7.60. The molecule has 0 atom stereocenters. The van der Waals surface area contributed by atoms with Gasteiger partial charge in [0.15, 0.2) is 0 Å². The van der Waals surface area contributed by atoms with Crippen LogP contribution < -0.4 is 0 Å². The van der Waals surface area contributed by atoms with Crippen LogP contribution in [0.5, 0.6) is 0 Å². The van der Waals surface area contributed by atoms with Gasteiger partial charge in [0, 0.05) is 13.6 Å². The van der Waals surface area contributed by atoms with E-state index in [0.29, 0.717) is 13.1 Å². The number of rotatable bonds is 8. The summed E-state index contributed by atoms with van der Waals surface area (Å²) in [6.07, 6.45) is 3.76. The zero-order valence-electron chi connectivity index (χ0n) is 12.9. The first-order valence-electron chi connectivity index (χ1n) is 7.60. The lowest BCUT2D eigenvalue weighted by molar-refractivity contribution is -0.131. The molecule has 4 nitrogen and oxygen atoms in total. The van der Waals surface area contributed by atoms with E-state index in [0.717, 1.165) is 36.9 Å². The molecule has 0 N–H and O–H groups in total. The fourth-order valence-corrected chi connectivity index (χ4v) is 2.42. The van der Waals surface area contributed by atoms with Crippen molar-refractivity contribution in [2.24, 2.45) is 5.92 Å². The van der Waals surface area contributed by atoms with Gasteiger partial charge in [-0.15, -0.1) is 0 Å². The van der Waals surface area contributed by atoms with Crippen LogP contribution in [0, 0.1) is 12.8 Å². The predicted molar refractivity (Wildman–Crippen MR) is 79.4 cm³/mol. The molecule has 112 valence electrons. The quantitative estimate of drug-likeness (QED) is 0.733. The standard InChI is InChI=1S/C16H26N2O2/c1-4-9-18(10-14-6-7-14)12-16(19)17(3)11-15-8-5-13(2)20-15/h5,8,14H,4,6-7,9-12H2,1-3H3. The van der Waals surface area contributed by atoms with Gasteiger partial charge in [-0.25, -0.2) is 0 Å². The van der Waals surface area contributed by atoms with Crippen molar-refractivity contribution >= 4 is 5.91 Å². The average Bonchev–Trinajstić information content (AvgIpc) is 3.11. The minimum absolute atomic E-state index is 0.174. The molecule has 0 radical (unpaired) electrons. The highest BCUT2D eigenvalue weighted by atomic mass is 16.3. The number of carbonyl (C=O) groups excluding carboxylic acids is 1. The van der Waals surface area contributed by atoms with Crippen molar-refractivity contribution in [2.45, 2.75) is 39.7 Å². The van der Waals surface area contributed by atoms with Crippen LogP contribution in [0.4, 0.5) is 0 Å². The summed E-state index contributed by atoms with van der Waals surface area (Å²) in [6, 6.07) is 3.87. The van der Waals surface area contributed by atoms with Gasteiger partial charge in [-0.3, -0.25) is 9.69 Å². The summed E-state index contributed by atoms with van der Waals surface area (Å²) in [5.41, 5.74) is 0. The molecule has 1 heterocycles. The van der Waals surface area contributed by atoms with E-state index in [4.69, 9.17) is 4.42 Å². The number of furan rings is 1. The number of hydrogen-bond acceptors (Lipinski definition) is 3. The van der Waals surface area contributed by atoms with Crippen LogP contribution in [0.1, 0.15) is 37.7 Å². The van der Waals surface area contributed by atoms with Gasteiger partial charge in [0.1, 0.15) is 11.5 Å². The van der Waals surface area contributed by atoms with Crippen molar-refractivity contribution in [3.63, 3.8) is 0 Å². The third-order valence-corrected chi connectivity index (χ3v) is 3.73. The van der Waals surface area contributed by atoms with Crippen molar-refractivity contribution in [3.05, 3.63) is 23.7 Å². The molecule has 1 aromatic rings.